The molecule has 0 saturated heterocycles. The van der Waals surface area contributed by atoms with Gasteiger partial charge >= 0.3 is 11.9 Å². The molecule has 3 aromatic rings. The molecule has 1 N–H and O–H groups in total. The summed E-state index contributed by atoms with van der Waals surface area (Å²) in [6, 6.07) is 13.2. The van der Waals surface area contributed by atoms with Crippen LogP contribution in [0.15, 0.2) is 96.0 Å². The Balaban J connectivity index is 1.46. The maximum atomic E-state index is 13.4. The lowest BCUT2D eigenvalue weighted by molar-refractivity contribution is -0.140. The van der Waals surface area contributed by atoms with Gasteiger partial charge in [0.1, 0.15) is 0 Å². The Morgan fingerprint density at radius 3 is 1.76 bits per heavy atom. The highest BCUT2D eigenvalue weighted by Gasteiger charge is 2.38. The van der Waals surface area contributed by atoms with E-state index in [9.17, 15) is 9.59 Å². The van der Waals surface area contributed by atoms with Crippen molar-refractivity contribution in [1.82, 2.24) is 20.3 Å². The van der Waals surface area contributed by atoms with E-state index in [1.807, 2.05) is 50.2 Å². The number of aromatic nitrogens is 3. The fourth-order valence-electron chi connectivity index (χ4n) is 4.51. The van der Waals surface area contributed by atoms with E-state index in [0.29, 0.717) is 41.1 Å². The molecule has 8 heteroatoms. The van der Waals surface area contributed by atoms with Crippen LogP contribution in [-0.2, 0) is 31.9 Å². The number of aryl methyl sites for hydroxylation is 2. The predicted octanol–water partition coefficient (Wildman–Crippen LogP) is 4.46. The molecular weight excluding hydrogens is 480 g/mol. The standard InChI is InChI=1S/C30H32N4O4/c1-21-26(29(35)37-17-7-11-23-9-5-14-31-19-23)28(25-13-3-4-16-33-25)27(22(2)34-21)30(36)38-18-8-12-24-10-6-15-32-20-24/h3-6,9-10,13-16,19-20,28,34H,7-8,11-12,17-18H2,1-2H3. The van der Waals surface area contributed by atoms with Crippen molar-refractivity contribution in [2.24, 2.45) is 0 Å². The Kier molecular flexibility index (Phi) is 9.34. The summed E-state index contributed by atoms with van der Waals surface area (Å²) in [7, 11) is 0. The minimum absolute atomic E-state index is 0.246. The fraction of sp³-hybridized carbons (Fsp3) is 0.300. The van der Waals surface area contributed by atoms with Crippen LogP contribution >= 0.6 is 0 Å². The summed E-state index contributed by atoms with van der Waals surface area (Å²) < 4.78 is 11.3. The van der Waals surface area contributed by atoms with Crippen LogP contribution in [0.1, 0.15) is 49.4 Å². The van der Waals surface area contributed by atoms with Crippen molar-refractivity contribution in [2.75, 3.05) is 13.2 Å². The third-order valence-electron chi connectivity index (χ3n) is 6.32. The lowest BCUT2D eigenvalue weighted by Gasteiger charge is -2.30. The number of carbonyl (C=O) groups is 2. The van der Waals surface area contributed by atoms with Crippen LogP contribution in [0.2, 0.25) is 0 Å². The van der Waals surface area contributed by atoms with Gasteiger partial charge in [-0.15, -0.1) is 0 Å². The zero-order valence-corrected chi connectivity index (χ0v) is 21.7. The molecule has 0 bridgehead atoms. The van der Waals surface area contributed by atoms with Crippen LogP contribution in [0.3, 0.4) is 0 Å². The number of ether oxygens (including phenoxy) is 2. The second kappa shape index (κ2) is 13.3. The molecular formula is C30H32N4O4. The summed E-state index contributed by atoms with van der Waals surface area (Å²) in [5.41, 5.74) is 4.72. The van der Waals surface area contributed by atoms with Gasteiger partial charge < -0.3 is 14.8 Å². The minimum atomic E-state index is -0.700. The SMILES string of the molecule is CC1=C(C(=O)OCCCc2cccnc2)C(c2ccccn2)C(C(=O)OCCCc2cccnc2)=C(C)N1. The van der Waals surface area contributed by atoms with Crippen LogP contribution < -0.4 is 5.32 Å². The van der Waals surface area contributed by atoms with E-state index in [2.05, 4.69) is 20.3 Å². The Hall–Kier alpha value is -4.33. The molecule has 0 atom stereocenters. The number of nitrogens with one attached hydrogen (secondary N) is 1. The quantitative estimate of drug-likeness (QED) is 0.297. The normalized spacial score (nSPS) is 13.7. The van der Waals surface area contributed by atoms with Crippen LogP contribution in [-0.4, -0.2) is 40.1 Å². The van der Waals surface area contributed by atoms with Crippen molar-refractivity contribution >= 4 is 11.9 Å². The molecule has 3 aromatic heterocycles. The Morgan fingerprint density at radius 1 is 0.763 bits per heavy atom. The zero-order valence-electron chi connectivity index (χ0n) is 21.7. The molecule has 1 aliphatic rings. The number of allylic oxidation sites excluding steroid dienone is 2. The summed E-state index contributed by atoms with van der Waals surface area (Å²) in [6.07, 6.45) is 11.5. The van der Waals surface area contributed by atoms with Crippen molar-refractivity contribution in [3.8, 4) is 0 Å². The molecule has 0 fully saturated rings. The van der Waals surface area contributed by atoms with Gasteiger partial charge in [-0.3, -0.25) is 15.0 Å². The van der Waals surface area contributed by atoms with E-state index < -0.39 is 17.9 Å². The third-order valence-corrected chi connectivity index (χ3v) is 6.32. The lowest BCUT2D eigenvalue weighted by Crippen LogP contribution is -2.33. The van der Waals surface area contributed by atoms with Gasteiger partial charge in [-0.05, 0) is 74.9 Å². The number of hydrogen-bond acceptors (Lipinski definition) is 8. The largest absolute Gasteiger partial charge is 0.462 e. The lowest BCUT2D eigenvalue weighted by atomic mass is 9.82. The van der Waals surface area contributed by atoms with Crippen molar-refractivity contribution < 1.29 is 19.1 Å². The van der Waals surface area contributed by atoms with Crippen LogP contribution in [0.5, 0.6) is 0 Å². The summed E-state index contributed by atoms with van der Waals surface area (Å²) in [5, 5.41) is 3.19. The number of dihydropyridines is 1. The molecule has 4 heterocycles. The van der Waals surface area contributed by atoms with Crippen molar-refractivity contribution in [3.05, 3.63) is 113 Å². The van der Waals surface area contributed by atoms with Gasteiger partial charge in [-0.25, -0.2) is 9.59 Å². The first-order chi connectivity index (χ1) is 18.5. The zero-order chi connectivity index (χ0) is 26.7. The Morgan fingerprint density at radius 2 is 1.32 bits per heavy atom. The van der Waals surface area contributed by atoms with Crippen LogP contribution in [0.25, 0.3) is 0 Å². The molecule has 0 radical (unpaired) electrons. The molecule has 0 saturated carbocycles. The molecule has 8 nitrogen and oxygen atoms in total. The van der Waals surface area contributed by atoms with Crippen molar-refractivity contribution in [2.45, 2.75) is 45.4 Å². The van der Waals surface area contributed by atoms with Gasteiger partial charge in [-0.1, -0.05) is 18.2 Å². The maximum absolute atomic E-state index is 13.4. The van der Waals surface area contributed by atoms with Crippen molar-refractivity contribution in [1.29, 1.82) is 0 Å². The van der Waals surface area contributed by atoms with Gasteiger partial charge in [0.25, 0.3) is 0 Å². The Bertz CT molecular complexity index is 1210. The van der Waals surface area contributed by atoms with Gasteiger partial charge in [-0.2, -0.15) is 0 Å². The average molecular weight is 513 g/mol. The molecule has 0 aromatic carbocycles. The summed E-state index contributed by atoms with van der Waals surface area (Å²) in [6.45, 7) is 4.11. The van der Waals surface area contributed by atoms with Gasteiger partial charge in [0.05, 0.1) is 36.0 Å². The highest BCUT2D eigenvalue weighted by Crippen LogP contribution is 2.38. The molecule has 1 aliphatic heterocycles. The Labute approximate surface area is 222 Å². The second-order valence-electron chi connectivity index (χ2n) is 9.09. The number of hydrogen-bond donors (Lipinski definition) is 1. The highest BCUT2D eigenvalue weighted by atomic mass is 16.5. The van der Waals surface area contributed by atoms with E-state index in [0.717, 1.165) is 24.0 Å². The molecule has 4 rings (SSSR count). The van der Waals surface area contributed by atoms with E-state index >= 15 is 0 Å². The smallest absolute Gasteiger partial charge is 0.336 e. The van der Waals surface area contributed by atoms with E-state index in [1.165, 1.54) is 0 Å². The molecule has 0 amide bonds. The number of rotatable bonds is 11. The molecule has 0 spiro atoms. The molecule has 38 heavy (non-hydrogen) atoms. The number of carbonyl (C=O) groups excluding carboxylic acids is 2. The number of pyridine rings is 3. The third kappa shape index (κ3) is 6.91. The molecule has 0 unspecified atom stereocenters. The summed E-state index contributed by atoms with van der Waals surface area (Å²) in [5.74, 6) is -1.66. The van der Waals surface area contributed by atoms with Crippen molar-refractivity contribution in [3.63, 3.8) is 0 Å². The first-order valence-electron chi connectivity index (χ1n) is 12.8. The van der Waals surface area contributed by atoms with E-state index in [4.69, 9.17) is 9.47 Å². The number of esters is 2. The molecule has 196 valence electrons. The van der Waals surface area contributed by atoms with E-state index in [-0.39, 0.29) is 13.2 Å². The molecule has 0 aliphatic carbocycles. The topological polar surface area (TPSA) is 103 Å². The first-order valence-corrected chi connectivity index (χ1v) is 12.8. The first kappa shape index (κ1) is 26.7. The average Bonchev–Trinajstić information content (AvgIpc) is 2.94. The second-order valence-corrected chi connectivity index (χ2v) is 9.09. The predicted molar refractivity (Wildman–Crippen MR) is 143 cm³/mol. The number of nitrogens with zero attached hydrogens (tertiary/aromatic N) is 3. The fourth-order valence-corrected chi connectivity index (χ4v) is 4.51. The summed E-state index contributed by atoms with van der Waals surface area (Å²) >= 11 is 0. The van der Waals surface area contributed by atoms with Gasteiger partial charge in [0.2, 0.25) is 0 Å². The maximum Gasteiger partial charge on any atom is 0.336 e. The van der Waals surface area contributed by atoms with Gasteiger partial charge in [0.15, 0.2) is 0 Å². The summed E-state index contributed by atoms with van der Waals surface area (Å²) in [4.78, 5) is 39.4. The monoisotopic (exact) mass is 512 g/mol. The van der Waals surface area contributed by atoms with E-state index in [1.54, 1.807) is 37.1 Å². The highest BCUT2D eigenvalue weighted by molar-refractivity contribution is 5.99. The van der Waals surface area contributed by atoms with Crippen LogP contribution in [0.4, 0.5) is 0 Å². The van der Waals surface area contributed by atoms with Gasteiger partial charge in [0, 0.05) is 42.4 Å². The minimum Gasteiger partial charge on any atom is -0.462 e. The van der Waals surface area contributed by atoms with Crippen LogP contribution in [0, 0.1) is 0 Å².